The van der Waals surface area contributed by atoms with Gasteiger partial charge in [-0.15, -0.1) is 0 Å². The normalized spacial score (nSPS) is 14.3. The van der Waals surface area contributed by atoms with E-state index in [9.17, 15) is 14.9 Å². The van der Waals surface area contributed by atoms with Crippen LogP contribution in [-0.4, -0.2) is 41.6 Å². The Morgan fingerprint density at radius 2 is 1.90 bits per heavy atom. The molecule has 3 aromatic rings. The first-order valence-corrected chi connectivity index (χ1v) is 9.95. The van der Waals surface area contributed by atoms with Gasteiger partial charge in [0.2, 0.25) is 0 Å². The first-order valence-electron chi connectivity index (χ1n) is 9.95. The topological polar surface area (TPSA) is 99.7 Å². The van der Waals surface area contributed by atoms with Crippen LogP contribution in [0.2, 0.25) is 0 Å². The fraction of sp³-hybridized carbons (Fsp3) is 0.217. The number of aromatic nitrogens is 2. The van der Waals surface area contributed by atoms with Gasteiger partial charge in [0.25, 0.3) is 11.5 Å². The zero-order valence-corrected chi connectivity index (χ0v) is 16.8. The van der Waals surface area contributed by atoms with E-state index in [1.54, 1.807) is 24.4 Å². The number of amides is 1. The third kappa shape index (κ3) is 4.47. The van der Waals surface area contributed by atoms with Crippen LogP contribution in [0, 0.1) is 11.3 Å². The molecule has 1 N–H and O–H groups in total. The van der Waals surface area contributed by atoms with Crippen molar-refractivity contribution in [2.45, 2.75) is 6.54 Å². The van der Waals surface area contributed by atoms with Crippen LogP contribution in [0.3, 0.4) is 0 Å². The van der Waals surface area contributed by atoms with Gasteiger partial charge in [-0.25, -0.2) is 4.98 Å². The predicted octanol–water partition coefficient (Wildman–Crippen LogP) is 1.75. The van der Waals surface area contributed by atoms with E-state index in [1.807, 2.05) is 41.3 Å². The van der Waals surface area contributed by atoms with Gasteiger partial charge < -0.3 is 15.0 Å². The predicted molar refractivity (Wildman–Crippen MR) is 116 cm³/mol. The number of morpholine rings is 1. The van der Waals surface area contributed by atoms with E-state index < -0.39 is 5.91 Å². The second-order valence-electron chi connectivity index (χ2n) is 7.02. The minimum absolute atomic E-state index is 0.153. The fourth-order valence-corrected chi connectivity index (χ4v) is 3.40. The standard InChI is InChI=1S/C23H21N5O3/c24-15-18(22(29)25-16-17-6-2-1-3-7-17)14-19-21(27-10-12-31-13-11-27)26-20-8-4-5-9-28(20)23(19)30/h1-9,14H,10-13,16H2,(H,25,29)/b18-14+. The molecular weight excluding hydrogens is 394 g/mol. The van der Waals surface area contributed by atoms with Crippen LogP contribution in [0.5, 0.6) is 0 Å². The molecule has 0 saturated carbocycles. The van der Waals surface area contributed by atoms with Gasteiger partial charge in [0.05, 0.1) is 18.8 Å². The number of anilines is 1. The van der Waals surface area contributed by atoms with Crippen molar-refractivity contribution >= 4 is 23.4 Å². The van der Waals surface area contributed by atoms with Gasteiger partial charge in [-0.3, -0.25) is 14.0 Å². The van der Waals surface area contributed by atoms with Crippen LogP contribution in [0.1, 0.15) is 11.1 Å². The number of fused-ring (bicyclic) bond motifs is 1. The molecule has 1 saturated heterocycles. The largest absolute Gasteiger partial charge is 0.378 e. The molecule has 1 fully saturated rings. The fourth-order valence-electron chi connectivity index (χ4n) is 3.40. The number of nitrogens with one attached hydrogen (secondary N) is 1. The zero-order chi connectivity index (χ0) is 21.6. The van der Waals surface area contributed by atoms with E-state index >= 15 is 0 Å². The van der Waals surface area contributed by atoms with Crippen molar-refractivity contribution < 1.29 is 9.53 Å². The van der Waals surface area contributed by atoms with E-state index in [1.165, 1.54) is 10.5 Å². The summed E-state index contributed by atoms with van der Waals surface area (Å²) in [6.45, 7) is 2.45. The number of pyridine rings is 1. The molecule has 1 amide bonds. The second-order valence-corrected chi connectivity index (χ2v) is 7.02. The molecule has 3 heterocycles. The van der Waals surface area contributed by atoms with E-state index in [0.29, 0.717) is 37.8 Å². The molecule has 31 heavy (non-hydrogen) atoms. The van der Waals surface area contributed by atoms with Gasteiger partial charge in [-0.1, -0.05) is 36.4 Å². The molecule has 1 aromatic carbocycles. The molecular formula is C23H21N5O3. The summed E-state index contributed by atoms with van der Waals surface area (Å²) in [4.78, 5) is 32.5. The molecule has 0 atom stereocenters. The molecule has 8 heteroatoms. The number of carbonyl (C=O) groups excluding carboxylic acids is 1. The maximum Gasteiger partial charge on any atom is 0.267 e. The van der Waals surface area contributed by atoms with E-state index in [4.69, 9.17) is 4.74 Å². The van der Waals surface area contributed by atoms with Crippen molar-refractivity contribution in [1.82, 2.24) is 14.7 Å². The van der Waals surface area contributed by atoms with Crippen LogP contribution in [-0.2, 0) is 16.1 Å². The van der Waals surface area contributed by atoms with E-state index in [2.05, 4.69) is 10.3 Å². The highest BCUT2D eigenvalue weighted by molar-refractivity contribution is 6.02. The average molecular weight is 415 g/mol. The van der Waals surface area contributed by atoms with Gasteiger partial charge in [-0.2, -0.15) is 5.26 Å². The van der Waals surface area contributed by atoms with Crippen LogP contribution < -0.4 is 15.8 Å². The van der Waals surface area contributed by atoms with E-state index in [0.717, 1.165) is 5.56 Å². The zero-order valence-electron chi connectivity index (χ0n) is 16.8. The number of ether oxygens (including phenoxy) is 1. The second kappa shape index (κ2) is 9.24. The van der Waals surface area contributed by atoms with E-state index in [-0.39, 0.29) is 23.2 Å². The van der Waals surface area contributed by atoms with Crippen molar-refractivity contribution in [1.29, 1.82) is 5.26 Å². The molecule has 0 aliphatic carbocycles. The molecule has 0 bridgehead atoms. The SMILES string of the molecule is N#C/C(=C\c1c(N2CCOCC2)nc2ccccn2c1=O)C(=O)NCc1ccccc1. The molecule has 0 spiro atoms. The number of nitriles is 1. The van der Waals surface area contributed by atoms with Crippen molar-refractivity contribution in [3.05, 3.63) is 81.8 Å². The highest BCUT2D eigenvalue weighted by Crippen LogP contribution is 2.20. The summed E-state index contributed by atoms with van der Waals surface area (Å²) in [6.07, 6.45) is 2.95. The number of hydrogen-bond donors (Lipinski definition) is 1. The lowest BCUT2D eigenvalue weighted by molar-refractivity contribution is -0.117. The maximum absolute atomic E-state index is 13.2. The smallest absolute Gasteiger partial charge is 0.267 e. The molecule has 1 aliphatic heterocycles. The maximum atomic E-state index is 13.2. The molecule has 156 valence electrons. The van der Waals surface area contributed by atoms with Gasteiger partial charge in [-0.05, 0) is 23.8 Å². The molecule has 0 radical (unpaired) electrons. The third-order valence-corrected chi connectivity index (χ3v) is 5.01. The Labute approximate surface area is 179 Å². The Hall–Kier alpha value is -3.96. The summed E-state index contributed by atoms with van der Waals surface area (Å²) < 4.78 is 6.82. The lowest BCUT2D eigenvalue weighted by Gasteiger charge is -2.29. The summed E-state index contributed by atoms with van der Waals surface area (Å²) in [5.41, 5.74) is 1.13. The Morgan fingerprint density at radius 1 is 1.16 bits per heavy atom. The number of rotatable bonds is 5. The third-order valence-electron chi connectivity index (χ3n) is 5.01. The quantitative estimate of drug-likeness (QED) is 0.504. The van der Waals surface area contributed by atoms with Crippen molar-refractivity contribution in [2.24, 2.45) is 0 Å². The average Bonchev–Trinajstić information content (AvgIpc) is 2.83. The minimum atomic E-state index is -0.545. The summed E-state index contributed by atoms with van der Waals surface area (Å²) in [5.74, 6) is -0.0973. The lowest BCUT2D eigenvalue weighted by atomic mass is 10.1. The van der Waals surface area contributed by atoms with Crippen LogP contribution in [0.15, 0.2) is 65.1 Å². The minimum Gasteiger partial charge on any atom is -0.378 e. The first kappa shape index (κ1) is 20.3. The van der Waals surface area contributed by atoms with Gasteiger partial charge in [0.1, 0.15) is 23.1 Å². The van der Waals surface area contributed by atoms with Crippen LogP contribution in [0.4, 0.5) is 5.82 Å². The van der Waals surface area contributed by atoms with Crippen LogP contribution in [0.25, 0.3) is 11.7 Å². The number of carbonyl (C=O) groups is 1. The Bertz CT molecular complexity index is 1220. The summed E-state index contributed by atoms with van der Waals surface area (Å²) in [6, 6.07) is 16.6. The van der Waals surface area contributed by atoms with Gasteiger partial charge in [0, 0.05) is 25.8 Å². The highest BCUT2D eigenvalue weighted by Gasteiger charge is 2.21. The summed E-state index contributed by atoms with van der Waals surface area (Å²) >= 11 is 0. The van der Waals surface area contributed by atoms with Crippen molar-refractivity contribution in [3.8, 4) is 6.07 Å². The monoisotopic (exact) mass is 415 g/mol. The summed E-state index contributed by atoms with van der Waals surface area (Å²) in [7, 11) is 0. The number of nitrogens with zero attached hydrogens (tertiary/aromatic N) is 4. The molecule has 0 unspecified atom stereocenters. The van der Waals surface area contributed by atoms with Crippen molar-refractivity contribution in [2.75, 3.05) is 31.2 Å². The molecule has 8 nitrogen and oxygen atoms in total. The Balaban J connectivity index is 1.72. The van der Waals surface area contributed by atoms with Gasteiger partial charge >= 0.3 is 0 Å². The van der Waals surface area contributed by atoms with Gasteiger partial charge in [0.15, 0.2) is 0 Å². The number of benzene rings is 1. The van der Waals surface area contributed by atoms with Crippen LogP contribution >= 0.6 is 0 Å². The Morgan fingerprint density at radius 3 is 2.65 bits per heavy atom. The summed E-state index contributed by atoms with van der Waals surface area (Å²) in [5, 5.41) is 12.4. The molecule has 4 rings (SSSR count). The lowest BCUT2D eigenvalue weighted by Crippen LogP contribution is -2.38. The molecule has 1 aliphatic rings. The van der Waals surface area contributed by atoms with Crippen molar-refractivity contribution in [3.63, 3.8) is 0 Å². The number of hydrogen-bond acceptors (Lipinski definition) is 6. The highest BCUT2D eigenvalue weighted by atomic mass is 16.5. The Kier molecular flexibility index (Phi) is 6.05. The first-order chi connectivity index (χ1) is 15.2. The molecule has 2 aromatic heterocycles.